The van der Waals surface area contributed by atoms with Gasteiger partial charge >= 0.3 is 0 Å². The molecule has 1 aliphatic heterocycles. The van der Waals surface area contributed by atoms with Crippen LogP contribution in [0, 0.1) is 6.92 Å². The quantitative estimate of drug-likeness (QED) is 0.837. The van der Waals surface area contributed by atoms with E-state index < -0.39 is 0 Å². The average Bonchev–Trinajstić information content (AvgIpc) is 3.23. The van der Waals surface area contributed by atoms with E-state index in [1.807, 2.05) is 25.1 Å². The molecular formula is C19H21N3O3S. The highest BCUT2D eigenvalue weighted by Crippen LogP contribution is 2.34. The van der Waals surface area contributed by atoms with E-state index >= 15 is 0 Å². The Morgan fingerprint density at radius 2 is 2.27 bits per heavy atom. The smallest absolute Gasteiger partial charge is 0.257 e. The van der Waals surface area contributed by atoms with Crippen LogP contribution in [0.25, 0.3) is 0 Å². The predicted molar refractivity (Wildman–Crippen MR) is 101 cm³/mol. The van der Waals surface area contributed by atoms with Crippen molar-refractivity contribution in [2.24, 2.45) is 0 Å². The number of anilines is 1. The first-order valence-corrected chi connectivity index (χ1v) is 9.77. The van der Waals surface area contributed by atoms with Gasteiger partial charge in [-0.1, -0.05) is 17.8 Å². The van der Waals surface area contributed by atoms with Crippen LogP contribution in [-0.4, -0.2) is 28.3 Å². The molecule has 0 bridgehead atoms. The summed E-state index contributed by atoms with van der Waals surface area (Å²) in [7, 11) is 1.58. The molecule has 4 rings (SSSR count). The number of methoxy groups -OCH3 is 1. The van der Waals surface area contributed by atoms with Gasteiger partial charge < -0.3 is 10.1 Å². The van der Waals surface area contributed by atoms with Gasteiger partial charge in [-0.2, -0.15) is 0 Å². The summed E-state index contributed by atoms with van der Waals surface area (Å²) < 4.78 is 7.04. The molecule has 1 aliphatic carbocycles. The first-order chi connectivity index (χ1) is 12.6. The van der Waals surface area contributed by atoms with Gasteiger partial charge in [-0.15, -0.1) is 0 Å². The van der Waals surface area contributed by atoms with Gasteiger partial charge in [-0.3, -0.25) is 14.2 Å². The number of aryl methyl sites for hydroxylation is 2. The fourth-order valence-corrected chi connectivity index (χ4v) is 4.79. The average molecular weight is 371 g/mol. The highest BCUT2D eigenvalue weighted by atomic mass is 32.2. The lowest BCUT2D eigenvalue weighted by atomic mass is 10.1. The van der Waals surface area contributed by atoms with Crippen LogP contribution in [0.1, 0.15) is 35.7 Å². The number of ether oxygens (including phenoxy) is 1. The third-order valence-corrected chi connectivity index (χ3v) is 6.02. The van der Waals surface area contributed by atoms with Crippen molar-refractivity contribution in [2.75, 3.05) is 18.2 Å². The van der Waals surface area contributed by atoms with Crippen molar-refractivity contribution >= 4 is 23.4 Å². The zero-order valence-electron chi connectivity index (χ0n) is 14.9. The van der Waals surface area contributed by atoms with Gasteiger partial charge in [-0.25, -0.2) is 4.98 Å². The van der Waals surface area contributed by atoms with Crippen molar-refractivity contribution in [1.29, 1.82) is 0 Å². The molecule has 1 aromatic carbocycles. The molecule has 1 amide bonds. The maximum atomic E-state index is 12.8. The van der Waals surface area contributed by atoms with Gasteiger partial charge in [0.25, 0.3) is 5.56 Å². The topological polar surface area (TPSA) is 73.2 Å². The van der Waals surface area contributed by atoms with Crippen LogP contribution in [0.15, 0.2) is 28.2 Å². The first-order valence-electron chi connectivity index (χ1n) is 8.78. The van der Waals surface area contributed by atoms with Crippen molar-refractivity contribution in [3.05, 3.63) is 45.4 Å². The summed E-state index contributed by atoms with van der Waals surface area (Å²) in [5.41, 5.74) is 3.52. The zero-order chi connectivity index (χ0) is 18.3. The Bertz CT molecular complexity index is 938. The van der Waals surface area contributed by atoms with Crippen LogP contribution in [0.2, 0.25) is 0 Å². The van der Waals surface area contributed by atoms with Gasteiger partial charge in [0.1, 0.15) is 5.75 Å². The van der Waals surface area contributed by atoms with Gasteiger partial charge in [0.2, 0.25) is 5.91 Å². The molecule has 0 fully saturated rings. The van der Waals surface area contributed by atoms with Gasteiger partial charge in [0.15, 0.2) is 5.16 Å². The Kier molecular flexibility index (Phi) is 4.48. The number of nitrogens with zero attached hydrogens (tertiary/aromatic N) is 2. The van der Waals surface area contributed by atoms with Gasteiger partial charge in [0.05, 0.1) is 24.5 Å². The van der Waals surface area contributed by atoms with E-state index in [1.54, 1.807) is 23.4 Å². The van der Waals surface area contributed by atoms with Crippen LogP contribution in [0.5, 0.6) is 5.75 Å². The molecule has 1 atom stereocenters. The van der Waals surface area contributed by atoms with Gasteiger partial charge in [0, 0.05) is 17.7 Å². The number of thioether (sulfide) groups is 1. The Balaban J connectivity index is 1.55. The molecule has 136 valence electrons. The molecule has 2 aliphatic rings. The number of nitrogens with one attached hydrogen (secondary N) is 1. The maximum Gasteiger partial charge on any atom is 0.257 e. The number of rotatable bonds is 4. The molecule has 6 nitrogen and oxygen atoms in total. The molecule has 1 aromatic heterocycles. The second kappa shape index (κ2) is 6.79. The minimum Gasteiger partial charge on any atom is -0.495 e. The zero-order valence-corrected chi connectivity index (χ0v) is 15.7. The summed E-state index contributed by atoms with van der Waals surface area (Å²) in [4.78, 5) is 30.0. The lowest BCUT2D eigenvalue weighted by Gasteiger charge is -2.15. The molecule has 1 unspecified atom stereocenters. The summed E-state index contributed by atoms with van der Waals surface area (Å²) in [5.74, 6) is 1.20. The van der Waals surface area contributed by atoms with E-state index in [0.29, 0.717) is 17.2 Å². The van der Waals surface area contributed by atoms with Crippen LogP contribution < -0.4 is 15.6 Å². The van der Waals surface area contributed by atoms with Gasteiger partial charge in [-0.05, 0) is 43.9 Å². The Morgan fingerprint density at radius 1 is 1.42 bits per heavy atom. The lowest BCUT2D eigenvalue weighted by molar-refractivity contribution is -0.116. The predicted octanol–water partition coefficient (Wildman–Crippen LogP) is 2.72. The molecule has 1 N–H and O–H groups in total. The second-order valence-electron chi connectivity index (χ2n) is 6.77. The summed E-state index contributed by atoms with van der Waals surface area (Å²) in [5, 5.41) is 3.67. The molecule has 26 heavy (non-hydrogen) atoms. The van der Waals surface area contributed by atoms with Crippen molar-refractivity contribution in [1.82, 2.24) is 9.55 Å². The van der Waals surface area contributed by atoms with E-state index in [-0.39, 0.29) is 23.9 Å². The summed E-state index contributed by atoms with van der Waals surface area (Å²) >= 11 is 1.56. The fraction of sp³-hybridized carbons (Fsp3) is 0.421. The number of benzene rings is 1. The minimum atomic E-state index is -0.156. The number of amides is 1. The molecule has 0 saturated heterocycles. The third-order valence-electron chi connectivity index (χ3n) is 4.92. The van der Waals surface area contributed by atoms with Crippen molar-refractivity contribution in [2.45, 2.75) is 43.8 Å². The van der Waals surface area contributed by atoms with E-state index in [9.17, 15) is 9.59 Å². The molecule has 7 heteroatoms. The largest absolute Gasteiger partial charge is 0.495 e. The molecule has 2 heterocycles. The van der Waals surface area contributed by atoms with Crippen LogP contribution >= 0.6 is 11.8 Å². The summed E-state index contributed by atoms with van der Waals surface area (Å²) in [6.45, 7) is 1.96. The Labute approximate surface area is 156 Å². The number of aromatic nitrogens is 2. The normalized spacial score (nSPS) is 17.7. The monoisotopic (exact) mass is 371 g/mol. The first kappa shape index (κ1) is 17.1. The maximum absolute atomic E-state index is 12.8. The summed E-state index contributed by atoms with van der Waals surface area (Å²) in [6.07, 6.45) is 2.92. The minimum absolute atomic E-state index is 0.0402. The fourth-order valence-electron chi connectivity index (χ4n) is 3.64. The van der Waals surface area contributed by atoms with Crippen LogP contribution in [0.3, 0.4) is 0 Å². The second-order valence-corrected chi connectivity index (χ2v) is 7.76. The lowest BCUT2D eigenvalue weighted by Crippen LogP contribution is -2.30. The van der Waals surface area contributed by atoms with E-state index in [4.69, 9.17) is 4.74 Å². The SMILES string of the molecule is COc1ccc(C)cc1NC(=O)CC1CSc2nc3c(c(=O)n21)CCC3. The highest BCUT2D eigenvalue weighted by molar-refractivity contribution is 7.99. The van der Waals surface area contributed by atoms with E-state index in [1.165, 1.54) is 0 Å². The van der Waals surface area contributed by atoms with Crippen LogP contribution in [-0.2, 0) is 17.6 Å². The van der Waals surface area contributed by atoms with Crippen molar-refractivity contribution < 1.29 is 9.53 Å². The molecule has 0 radical (unpaired) electrons. The molecule has 0 spiro atoms. The number of hydrogen-bond donors (Lipinski definition) is 1. The number of carbonyl (C=O) groups is 1. The Hall–Kier alpha value is -2.28. The van der Waals surface area contributed by atoms with Crippen molar-refractivity contribution in [3.63, 3.8) is 0 Å². The van der Waals surface area contributed by atoms with E-state index in [2.05, 4.69) is 10.3 Å². The third kappa shape index (κ3) is 3.00. The van der Waals surface area contributed by atoms with Crippen molar-refractivity contribution in [3.8, 4) is 5.75 Å². The molecule has 2 aromatic rings. The number of hydrogen-bond acceptors (Lipinski definition) is 5. The molecule has 0 saturated carbocycles. The number of fused-ring (bicyclic) bond motifs is 2. The summed E-state index contributed by atoms with van der Waals surface area (Å²) in [6, 6.07) is 5.50. The molecular weight excluding hydrogens is 350 g/mol. The number of carbonyl (C=O) groups excluding carboxylic acids is 1. The van der Waals surface area contributed by atoms with E-state index in [0.717, 1.165) is 41.2 Å². The Morgan fingerprint density at radius 3 is 3.08 bits per heavy atom. The highest BCUT2D eigenvalue weighted by Gasteiger charge is 2.31. The van der Waals surface area contributed by atoms with Crippen LogP contribution in [0.4, 0.5) is 5.69 Å². The standard InChI is InChI=1S/C19H21N3O3S/c1-11-6-7-16(25-2)15(8-11)20-17(23)9-12-10-26-19-21-14-5-3-4-13(14)18(24)22(12)19/h6-8,12H,3-5,9-10H2,1-2H3,(H,20,23).